The Morgan fingerprint density at radius 1 is 1.00 bits per heavy atom. The van der Waals surface area contributed by atoms with E-state index in [0.717, 1.165) is 17.0 Å². The summed E-state index contributed by atoms with van der Waals surface area (Å²) in [6, 6.07) is 12.8. The maximum Gasteiger partial charge on any atom is 0.257 e. The highest BCUT2D eigenvalue weighted by molar-refractivity contribution is 6.04. The molecule has 6 nitrogen and oxygen atoms in total. The van der Waals surface area contributed by atoms with Crippen molar-refractivity contribution in [2.24, 2.45) is 0 Å². The molecular formula is C19H18N4O2. The molecule has 0 radical (unpaired) electrons. The highest BCUT2D eigenvalue weighted by atomic mass is 16.5. The normalized spacial score (nSPS) is 10.1. The maximum absolute atomic E-state index is 12.4. The van der Waals surface area contributed by atoms with Gasteiger partial charge in [-0.15, -0.1) is 0 Å². The average molecular weight is 334 g/mol. The molecule has 3 rings (SSSR count). The van der Waals surface area contributed by atoms with Crippen LogP contribution in [0.5, 0.6) is 5.75 Å². The molecular weight excluding hydrogens is 316 g/mol. The van der Waals surface area contributed by atoms with Gasteiger partial charge in [0.05, 0.1) is 18.4 Å². The molecule has 1 amide bonds. The Morgan fingerprint density at radius 3 is 2.48 bits per heavy atom. The molecule has 0 aliphatic rings. The van der Waals surface area contributed by atoms with Gasteiger partial charge in [0, 0.05) is 37.0 Å². The summed E-state index contributed by atoms with van der Waals surface area (Å²) in [5.74, 6) is 0.521. The molecule has 0 aliphatic heterocycles. The number of rotatable bonds is 6. The summed E-state index contributed by atoms with van der Waals surface area (Å²) in [6.45, 7) is 0.633. The number of aromatic nitrogens is 2. The minimum absolute atomic E-state index is 0.217. The quantitative estimate of drug-likeness (QED) is 0.723. The van der Waals surface area contributed by atoms with Crippen LogP contribution in [0.25, 0.3) is 0 Å². The van der Waals surface area contributed by atoms with E-state index in [9.17, 15) is 4.79 Å². The summed E-state index contributed by atoms with van der Waals surface area (Å²) < 4.78 is 5.10. The van der Waals surface area contributed by atoms with Crippen LogP contribution in [-0.4, -0.2) is 23.0 Å². The predicted octanol–water partition coefficient (Wildman–Crippen LogP) is 3.35. The first kappa shape index (κ1) is 16.4. The van der Waals surface area contributed by atoms with Crippen LogP contribution in [0.15, 0.2) is 67.3 Å². The molecule has 6 heteroatoms. The minimum Gasteiger partial charge on any atom is -0.497 e. The molecule has 0 saturated carbocycles. The Balaban J connectivity index is 1.64. The van der Waals surface area contributed by atoms with E-state index in [4.69, 9.17) is 4.74 Å². The number of hydrogen-bond donors (Lipinski definition) is 2. The summed E-state index contributed by atoms with van der Waals surface area (Å²) in [5.41, 5.74) is 3.05. The zero-order valence-corrected chi connectivity index (χ0v) is 13.8. The Hall–Kier alpha value is -3.41. The number of amides is 1. The van der Waals surface area contributed by atoms with Gasteiger partial charge in [-0.2, -0.15) is 0 Å². The van der Waals surface area contributed by atoms with Crippen molar-refractivity contribution in [3.8, 4) is 5.75 Å². The molecule has 3 aromatic rings. The van der Waals surface area contributed by atoms with Crippen LogP contribution in [0.1, 0.15) is 15.9 Å². The SMILES string of the molecule is COc1ccc(NC(=O)c2cncc(NCc3ccncc3)c2)cc1. The lowest BCUT2D eigenvalue weighted by Crippen LogP contribution is -2.12. The third-order valence-corrected chi connectivity index (χ3v) is 3.59. The van der Waals surface area contributed by atoms with Crippen LogP contribution in [0.3, 0.4) is 0 Å². The minimum atomic E-state index is -0.217. The van der Waals surface area contributed by atoms with Gasteiger partial charge < -0.3 is 15.4 Å². The Labute approximate surface area is 145 Å². The van der Waals surface area contributed by atoms with Crippen LogP contribution in [-0.2, 0) is 6.54 Å². The molecule has 126 valence electrons. The summed E-state index contributed by atoms with van der Waals surface area (Å²) in [4.78, 5) is 20.5. The fourth-order valence-electron chi connectivity index (χ4n) is 2.24. The Kier molecular flexibility index (Phi) is 5.21. The number of benzene rings is 1. The highest BCUT2D eigenvalue weighted by Gasteiger charge is 2.08. The number of nitrogens with one attached hydrogen (secondary N) is 2. The molecule has 0 fully saturated rings. The van der Waals surface area contributed by atoms with Crippen molar-refractivity contribution in [2.75, 3.05) is 17.7 Å². The van der Waals surface area contributed by atoms with E-state index in [0.29, 0.717) is 17.8 Å². The van der Waals surface area contributed by atoms with Gasteiger partial charge in [-0.25, -0.2) is 0 Å². The topological polar surface area (TPSA) is 76.1 Å². The van der Waals surface area contributed by atoms with Gasteiger partial charge in [-0.05, 0) is 48.0 Å². The van der Waals surface area contributed by atoms with Crippen molar-refractivity contribution in [1.29, 1.82) is 0 Å². The van der Waals surface area contributed by atoms with Crippen molar-refractivity contribution >= 4 is 17.3 Å². The molecule has 25 heavy (non-hydrogen) atoms. The van der Waals surface area contributed by atoms with Crippen LogP contribution in [0, 0.1) is 0 Å². The largest absolute Gasteiger partial charge is 0.497 e. The molecule has 1 aromatic carbocycles. The zero-order valence-electron chi connectivity index (χ0n) is 13.8. The number of hydrogen-bond acceptors (Lipinski definition) is 5. The summed E-state index contributed by atoms with van der Waals surface area (Å²) in [5, 5.41) is 6.09. The van der Waals surface area contributed by atoms with E-state index in [-0.39, 0.29) is 5.91 Å². The van der Waals surface area contributed by atoms with Crippen LogP contribution >= 0.6 is 0 Å². The second kappa shape index (κ2) is 7.92. The standard InChI is InChI=1S/C19H18N4O2/c1-25-18-4-2-16(3-5-18)23-19(24)15-10-17(13-21-12-15)22-11-14-6-8-20-9-7-14/h2-10,12-13,22H,11H2,1H3,(H,23,24). The van der Waals surface area contributed by atoms with Gasteiger partial charge in [0.1, 0.15) is 5.75 Å². The number of carbonyl (C=O) groups is 1. The van der Waals surface area contributed by atoms with Gasteiger partial charge in [0.2, 0.25) is 0 Å². The van der Waals surface area contributed by atoms with E-state index < -0.39 is 0 Å². The number of carbonyl (C=O) groups excluding carboxylic acids is 1. The van der Waals surface area contributed by atoms with Gasteiger partial charge in [-0.3, -0.25) is 14.8 Å². The summed E-state index contributed by atoms with van der Waals surface area (Å²) in [6.07, 6.45) is 6.71. The number of anilines is 2. The van der Waals surface area contributed by atoms with Crippen molar-refractivity contribution in [3.63, 3.8) is 0 Å². The lowest BCUT2D eigenvalue weighted by molar-refractivity contribution is 0.102. The van der Waals surface area contributed by atoms with Crippen molar-refractivity contribution in [1.82, 2.24) is 9.97 Å². The van der Waals surface area contributed by atoms with Gasteiger partial charge in [0.25, 0.3) is 5.91 Å². The first-order valence-corrected chi connectivity index (χ1v) is 7.78. The van der Waals surface area contributed by atoms with Gasteiger partial charge in [0.15, 0.2) is 0 Å². The maximum atomic E-state index is 12.4. The lowest BCUT2D eigenvalue weighted by Gasteiger charge is -2.09. The van der Waals surface area contributed by atoms with Crippen LogP contribution < -0.4 is 15.4 Å². The van der Waals surface area contributed by atoms with E-state index in [2.05, 4.69) is 20.6 Å². The predicted molar refractivity (Wildman–Crippen MR) is 96.7 cm³/mol. The van der Waals surface area contributed by atoms with Gasteiger partial charge in [-0.1, -0.05) is 0 Å². The monoisotopic (exact) mass is 334 g/mol. The molecule has 0 saturated heterocycles. The molecule has 0 aliphatic carbocycles. The molecule has 2 N–H and O–H groups in total. The number of nitrogens with zero attached hydrogens (tertiary/aromatic N) is 2. The van der Waals surface area contributed by atoms with E-state index in [1.54, 1.807) is 56.0 Å². The number of ether oxygens (including phenoxy) is 1. The number of pyridine rings is 2. The third kappa shape index (κ3) is 4.54. The van der Waals surface area contributed by atoms with Crippen LogP contribution in [0.4, 0.5) is 11.4 Å². The first-order chi connectivity index (χ1) is 12.2. The molecule has 0 atom stereocenters. The van der Waals surface area contributed by atoms with Crippen molar-refractivity contribution in [2.45, 2.75) is 6.54 Å². The second-order valence-electron chi connectivity index (χ2n) is 5.35. The highest BCUT2D eigenvalue weighted by Crippen LogP contribution is 2.17. The van der Waals surface area contributed by atoms with Gasteiger partial charge >= 0.3 is 0 Å². The molecule has 0 bridgehead atoms. The molecule has 0 unspecified atom stereocenters. The van der Waals surface area contributed by atoms with E-state index in [1.807, 2.05) is 12.1 Å². The Bertz CT molecular complexity index is 836. The van der Waals surface area contributed by atoms with Crippen molar-refractivity contribution in [3.05, 3.63) is 78.4 Å². The number of methoxy groups -OCH3 is 1. The average Bonchev–Trinajstić information content (AvgIpc) is 2.68. The lowest BCUT2D eigenvalue weighted by atomic mass is 10.2. The molecule has 0 spiro atoms. The zero-order chi connectivity index (χ0) is 17.5. The van der Waals surface area contributed by atoms with E-state index >= 15 is 0 Å². The molecule has 2 aromatic heterocycles. The third-order valence-electron chi connectivity index (χ3n) is 3.59. The summed E-state index contributed by atoms with van der Waals surface area (Å²) in [7, 11) is 1.60. The smallest absolute Gasteiger partial charge is 0.257 e. The summed E-state index contributed by atoms with van der Waals surface area (Å²) >= 11 is 0. The second-order valence-corrected chi connectivity index (χ2v) is 5.35. The van der Waals surface area contributed by atoms with E-state index in [1.165, 1.54) is 6.20 Å². The fourth-order valence-corrected chi connectivity index (χ4v) is 2.24. The van der Waals surface area contributed by atoms with Crippen LogP contribution in [0.2, 0.25) is 0 Å². The first-order valence-electron chi connectivity index (χ1n) is 7.78. The molecule has 2 heterocycles. The van der Waals surface area contributed by atoms with Crippen molar-refractivity contribution < 1.29 is 9.53 Å². The fraction of sp³-hybridized carbons (Fsp3) is 0.105. The Morgan fingerprint density at radius 2 is 1.76 bits per heavy atom.